The number of ether oxygens (including phenoxy) is 1. The molecule has 0 spiro atoms. The number of benzene rings is 1. The number of halogens is 2. The lowest BCUT2D eigenvalue weighted by molar-refractivity contribution is -0.117. The molecule has 0 aromatic heterocycles. The van der Waals surface area contributed by atoms with E-state index in [0.29, 0.717) is 12.3 Å². The summed E-state index contributed by atoms with van der Waals surface area (Å²) < 4.78 is 6.55. The molecule has 3 N–H and O–H groups in total. The average molecular weight is 392 g/mol. The summed E-state index contributed by atoms with van der Waals surface area (Å²) in [6.45, 7) is 3.95. The van der Waals surface area contributed by atoms with Crippen molar-refractivity contribution in [2.75, 3.05) is 5.32 Å². The predicted molar refractivity (Wildman–Crippen MR) is 95.7 cm³/mol. The minimum Gasteiger partial charge on any atom is -0.491 e. The normalized spacial score (nSPS) is 20.6. The largest absolute Gasteiger partial charge is 0.491 e. The molecule has 1 aromatic carbocycles. The van der Waals surface area contributed by atoms with Gasteiger partial charge in [-0.05, 0) is 44.7 Å². The third kappa shape index (κ3) is 5.78. The minimum absolute atomic E-state index is 0. The number of nitrogens with two attached hydrogens (primary N) is 1. The average Bonchev–Trinajstić information content (AvgIpc) is 2.72. The fourth-order valence-corrected chi connectivity index (χ4v) is 3.22. The first kappa shape index (κ1) is 19.3. The van der Waals surface area contributed by atoms with Crippen molar-refractivity contribution in [1.29, 1.82) is 0 Å². The summed E-state index contributed by atoms with van der Waals surface area (Å²) in [5, 5.41) is 2.94. The molecule has 0 saturated heterocycles. The van der Waals surface area contributed by atoms with Gasteiger partial charge in [-0.3, -0.25) is 4.79 Å². The molecule has 124 valence electrons. The van der Waals surface area contributed by atoms with Crippen LogP contribution in [0.2, 0.25) is 0 Å². The second-order valence-corrected chi connectivity index (χ2v) is 6.87. The Morgan fingerprint density at radius 1 is 1.41 bits per heavy atom. The van der Waals surface area contributed by atoms with Crippen LogP contribution in [0, 0.1) is 5.92 Å². The second-order valence-electron chi connectivity index (χ2n) is 5.95. The maximum absolute atomic E-state index is 12.1. The smallest absolute Gasteiger partial charge is 0.224 e. The van der Waals surface area contributed by atoms with Crippen molar-refractivity contribution in [1.82, 2.24) is 0 Å². The molecule has 1 aliphatic rings. The molecule has 22 heavy (non-hydrogen) atoms. The lowest BCUT2D eigenvalue weighted by atomic mass is 10.00. The van der Waals surface area contributed by atoms with E-state index in [1.165, 1.54) is 0 Å². The molecule has 1 aliphatic carbocycles. The number of amides is 1. The Balaban J connectivity index is 0.00000242. The van der Waals surface area contributed by atoms with Gasteiger partial charge in [0.2, 0.25) is 5.91 Å². The van der Waals surface area contributed by atoms with E-state index in [1.807, 2.05) is 32.0 Å². The van der Waals surface area contributed by atoms with Crippen LogP contribution in [0.1, 0.15) is 39.5 Å². The van der Waals surface area contributed by atoms with E-state index in [0.717, 1.165) is 35.2 Å². The molecule has 0 aliphatic heterocycles. The van der Waals surface area contributed by atoms with Crippen LogP contribution >= 0.6 is 28.3 Å². The van der Waals surface area contributed by atoms with Crippen molar-refractivity contribution in [2.45, 2.75) is 51.7 Å². The van der Waals surface area contributed by atoms with Crippen LogP contribution in [0.25, 0.3) is 0 Å². The minimum atomic E-state index is 0. The quantitative estimate of drug-likeness (QED) is 0.793. The molecule has 0 radical (unpaired) electrons. The summed E-state index contributed by atoms with van der Waals surface area (Å²) in [4.78, 5) is 12.1. The van der Waals surface area contributed by atoms with Crippen molar-refractivity contribution < 1.29 is 9.53 Å². The summed E-state index contributed by atoms with van der Waals surface area (Å²) in [6, 6.07) is 5.78. The van der Waals surface area contributed by atoms with E-state index < -0.39 is 0 Å². The Kier molecular flexibility index (Phi) is 7.66. The number of nitrogens with one attached hydrogen (secondary N) is 1. The third-order valence-electron chi connectivity index (χ3n) is 3.69. The van der Waals surface area contributed by atoms with Gasteiger partial charge in [0, 0.05) is 28.7 Å². The number of carbonyl (C=O) groups is 1. The van der Waals surface area contributed by atoms with E-state index in [-0.39, 0.29) is 30.5 Å². The number of hydrogen-bond acceptors (Lipinski definition) is 3. The molecular formula is C16H24BrClN2O2. The molecule has 1 saturated carbocycles. The van der Waals surface area contributed by atoms with Crippen LogP contribution in [0.4, 0.5) is 5.69 Å². The van der Waals surface area contributed by atoms with Crippen LogP contribution < -0.4 is 15.8 Å². The highest BCUT2D eigenvalue weighted by atomic mass is 79.9. The molecule has 0 heterocycles. The highest BCUT2D eigenvalue weighted by Crippen LogP contribution is 2.29. The van der Waals surface area contributed by atoms with Gasteiger partial charge in [0.25, 0.3) is 0 Å². The topological polar surface area (TPSA) is 64.3 Å². The highest BCUT2D eigenvalue weighted by molar-refractivity contribution is 9.10. The summed E-state index contributed by atoms with van der Waals surface area (Å²) in [6.07, 6.45) is 3.80. The Labute approximate surface area is 146 Å². The lowest BCUT2D eigenvalue weighted by Crippen LogP contribution is -2.28. The predicted octanol–water partition coefficient (Wildman–Crippen LogP) is 4.11. The van der Waals surface area contributed by atoms with Crippen LogP contribution in [0.3, 0.4) is 0 Å². The molecule has 1 fully saturated rings. The zero-order valence-corrected chi connectivity index (χ0v) is 15.4. The highest BCUT2D eigenvalue weighted by Gasteiger charge is 2.26. The van der Waals surface area contributed by atoms with Crippen molar-refractivity contribution in [3.8, 4) is 5.75 Å². The Morgan fingerprint density at radius 2 is 2.14 bits per heavy atom. The van der Waals surface area contributed by atoms with E-state index in [4.69, 9.17) is 10.5 Å². The van der Waals surface area contributed by atoms with Gasteiger partial charge < -0.3 is 15.8 Å². The molecular weight excluding hydrogens is 368 g/mol. The van der Waals surface area contributed by atoms with E-state index in [9.17, 15) is 4.79 Å². The van der Waals surface area contributed by atoms with Crippen LogP contribution in [-0.2, 0) is 4.79 Å². The SMILES string of the molecule is CC(C)Oc1cc(Br)cc(NC(=O)C[C@@H]2CCC[C@H]2N)c1.Cl. The first-order chi connectivity index (χ1) is 9.94. The first-order valence-corrected chi connectivity index (χ1v) is 8.26. The van der Waals surface area contributed by atoms with Gasteiger partial charge in [0.15, 0.2) is 0 Å². The molecule has 2 rings (SSSR count). The Morgan fingerprint density at radius 3 is 2.73 bits per heavy atom. The van der Waals surface area contributed by atoms with Gasteiger partial charge in [-0.1, -0.05) is 22.4 Å². The van der Waals surface area contributed by atoms with Gasteiger partial charge in [-0.25, -0.2) is 0 Å². The van der Waals surface area contributed by atoms with E-state index in [2.05, 4.69) is 21.2 Å². The number of rotatable bonds is 5. The first-order valence-electron chi connectivity index (χ1n) is 7.46. The van der Waals surface area contributed by atoms with Crippen molar-refractivity contribution in [3.05, 3.63) is 22.7 Å². The summed E-state index contributed by atoms with van der Waals surface area (Å²) in [5.74, 6) is 1.07. The van der Waals surface area contributed by atoms with Crippen molar-refractivity contribution in [2.24, 2.45) is 11.7 Å². The Hall–Kier alpha value is -0.780. The van der Waals surface area contributed by atoms with E-state index >= 15 is 0 Å². The van der Waals surface area contributed by atoms with Crippen LogP contribution in [-0.4, -0.2) is 18.1 Å². The molecule has 1 amide bonds. The van der Waals surface area contributed by atoms with Crippen molar-refractivity contribution in [3.63, 3.8) is 0 Å². The zero-order chi connectivity index (χ0) is 15.4. The maximum atomic E-state index is 12.1. The number of hydrogen-bond donors (Lipinski definition) is 2. The van der Waals surface area contributed by atoms with Gasteiger partial charge >= 0.3 is 0 Å². The standard InChI is InChI=1S/C16H23BrN2O2.ClH/c1-10(2)21-14-8-12(17)7-13(9-14)19-16(20)6-11-4-3-5-15(11)18;/h7-11,15H,3-6,18H2,1-2H3,(H,19,20);1H/t11-,15+;/m0./s1. The molecule has 0 bridgehead atoms. The monoisotopic (exact) mass is 390 g/mol. The van der Waals surface area contributed by atoms with Crippen LogP contribution in [0.15, 0.2) is 22.7 Å². The van der Waals surface area contributed by atoms with Gasteiger partial charge in [-0.2, -0.15) is 0 Å². The fraction of sp³-hybridized carbons (Fsp3) is 0.562. The van der Waals surface area contributed by atoms with Gasteiger partial charge in [0.1, 0.15) is 5.75 Å². The van der Waals surface area contributed by atoms with Crippen molar-refractivity contribution >= 4 is 39.9 Å². The molecule has 4 nitrogen and oxygen atoms in total. The second kappa shape index (κ2) is 8.75. The molecule has 0 unspecified atom stereocenters. The lowest BCUT2D eigenvalue weighted by Gasteiger charge is -2.16. The molecule has 2 atom stereocenters. The summed E-state index contributed by atoms with van der Waals surface area (Å²) in [7, 11) is 0. The maximum Gasteiger partial charge on any atom is 0.224 e. The summed E-state index contributed by atoms with van der Waals surface area (Å²) >= 11 is 3.44. The van der Waals surface area contributed by atoms with Gasteiger partial charge in [-0.15, -0.1) is 12.4 Å². The molecule has 6 heteroatoms. The Bertz CT molecular complexity index is 511. The summed E-state index contributed by atoms with van der Waals surface area (Å²) in [5.41, 5.74) is 6.76. The third-order valence-corrected chi connectivity index (χ3v) is 4.15. The van der Waals surface area contributed by atoms with Crippen LogP contribution in [0.5, 0.6) is 5.75 Å². The van der Waals surface area contributed by atoms with E-state index in [1.54, 1.807) is 0 Å². The zero-order valence-electron chi connectivity index (χ0n) is 13.0. The number of anilines is 1. The fourth-order valence-electron chi connectivity index (χ4n) is 2.74. The molecule has 1 aromatic rings. The number of carbonyl (C=O) groups excluding carboxylic acids is 1. The van der Waals surface area contributed by atoms with Gasteiger partial charge in [0.05, 0.1) is 6.10 Å².